The van der Waals surface area contributed by atoms with Crippen molar-refractivity contribution < 1.29 is 4.79 Å². The number of hydrogen-bond acceptors (Lipinski definition) is 7. The number of aromatic nitrogens is 2. The van der Waals surface area contributed by atoms with Gasteiger partial charge in [-0.1, -0.05) is 36.4 Å². The third-order valence-corrected chi connectivity index (χ3v) is 7.02. The molecule has 0 atom stereocenters. The maximum absolute atomic E-state index is 12.4. The quantitative estimate of drug-likeness (QED) is 0.241. The van der Waals surface area contributed by atoms with E-state index in [9.17, 15) is 4.79 Å². The van der Waals surface area contributed by atoms with Crippen LogP contribution in [0.15, 0.2) is 85.1 Å². The number of para-hydroxylation sites is 1. The van der Waals surface area contributed by atoms with Crippen LogP contribution in [0.5, 0.6) is 0 Å². The molecule has 1 aromatic heterocycles. The molecular formula is C32H37N7O. The van der Waals surface area contributed by atoms with Gasteiger partial charge in [-0.25, -0.2) is 9.97 Å². The molecule has 0 aliphatic carbocycles. The van der Waals surface area contributed by atoms with E-state index in [4.69, 9.17) is 4.98 Å². The van der Waals surface area contributed by atoms with Crippen molar-refractivity contribution in [3.05, 3.63) is 85.1 Å². The molecule has 1 aliphatic heterocycles. The highest BCUT2D eigenvalue weighted by molar-refractivity contribution is 6.00. The zero-order valence-corrected chi connectivity index (χ0v) is 23.4. The first kappa shape index (κ1) is 27.3. The van der Waals surface area contributed by atoms with Crippen LogP contribution < -0.4 is 16.0 Å². The molecule has 0 bridgehead atoms. The number of carbonyl (C=O) groups excluding carboxylic acids is 1. The number of nitrogens with zero attached hydrogens (tertiary/aromatic N) is 4. The summed E-state index contributed by atoms with van der Waals surface area (Å²) in [5, 5.41) is 10.9. The Bertz CT molecular complexity index is 1470. The zero-order valence-electron chi connectivity index (χ0n) is 23.4. The van der Waals surface area contributed by atoms with Gasteiger partial charge in [0.05, 0.1) is 5.52 Å². The van der Waals surface area contributed by atoms with E-state index in [0.717, 1.165) is 65.0 Å². The number of anilines is 4. The van der Waals surface area contributed by atoms with E-state index in [0.29, 0.717) is 18.5 Å². The van der Waals surface area contributed by atoms with Crippen molar-refractivity contribution in [2.24, 2.45) is 0 Å². The first-order valence-electron chi connectivity index (χ1n) is 13.7. The largest absolute Gasteiger partial charge is 0.382 e. The lowest BCUT2D eigenvalue weighted by molar-refractivity contribution is -0.111. The minimum absolute atomic E-state index is 0.154. The van der Waals surface area contributed by atoms with E-state index in [2.05, 4.69) is 57.1 Å². The molecule has 1 amide bonds. The molecule has 0 saturated carbocycles. The highest BCUT2D eigenvalue weighted by atomic mass is 16.1. The van der Waals surface area contributed by atoms with Gasteiger partial charge in [0.25, 0.3) is 0 Å². The van der Waals surface area contributed by atoms with E-state index in [1.54, 1.807) is 6.08 Å². The normalized spacial score (nSPS) is 14.6. The molecule has 1 saturated heterocycles. The third-order valence-electron chi connectivity index (χ3n) is 7.02. The summed E-state index contributed by atoms with van der Waals surface area (Å²) in [5.41, 5.74) is 5.57. The third kappa shape index (κ3) is 7.22. The summed E-state index contributed by atoms with van der Waals surface area (Å²) in [6, 6.07) is 22.7. The number of benzene rings is 3. The summed E-state index contributed by atoms with van der Waals surface area (Å²) in [7, 11) is 6.11. The lowest BCUT2D eigenvalue weighted by Gasteiger charge is -2.30. The molecule has 2 heterocycles. The molecule has 1 aliphatic rings. The number of nitrogens with one attached hydrogen (secondary N) is 3. The highest BCUT2D eigenvalue weighted by Gasteiger charge is 2.16. The van der Waals surface area contributed by atoms with Crippen molar-refractivity contribution in [1.29, 1.82) is 0 Å². The standard InChI is InChI=1S/C32H37N7O/c1-38(2)18-6-11-30(40)35-28-9-4-7-23(21-28)29-10-5-8-24-22-33-32(37-31(24)29)36-26-14-12-25(13-15-26)34-27-16-19-39(3)20-17-27/h4-15,21-22,27,34H,16-20H2,1-3H3,(H,35,40)(H,33,36,37)/b11-6+. The summed E-state index contributed by atoms with van der Waals surface area (Å²) < 4.78 is 0. The minimum Gasteiger partial charge on any atom is -0.382 e. The number of likely N-dealkylation sites (N-methyl/N-ethyl adjacent to an activating group) is 1. The number of hydrogen-bond donors (Lipinski definition) is 3. The van der Waals surface area contributed by atoms with E-state index in [1.807, 2.05) is 73.7 Å². The van der Waals surface area contributed by atoms with E-state index >= 15 is 0 Å². The molecule has 206 valence electrons. The predicted octanol–water partition coefficient (Wildman–Crippen LogP) is 5.60. The van der Waals surface area contributed by atoms with E-state index in [-0.39, 0.29) is 5.91 Å². The lowest BCUT2D eigenvalue weighted by atomic mass is 10.0. The second-order valence-electron chi connectivity index (χ2n) is 10.6. The van der Waals surface area contributed by atoms with Crippen molar-refractivity contribution in [2.45, 2.75) is 18.9 Å². The van der Waals surface area contributed by atoms with Crippen molar-refractivity contribution in [3.8, 4) is 11.1 Å². The first-order chi connectivity index (χ1) is 19.4. The number of likely N-dealkylation sites (tertiary alicyclic amines) is 1. The summed E-state index contributed by atoms with van der Waals surface area (Å²) in [6.07, 6.45) is 7.56. The molecular weight excluding hydrogens is 498 g/mol. The molecule has 8 heteroatoms. The van der Waals surface area contributed by atoms with Crippen LogP contribution in [0.1, 0.15) is 12.8 Å². The lowest BCUT2D eigenvalue weighted by Crippen LogP contribution is -2.36. The van der Waals surface area contributed by atoms with Gasteiger partial charge in [-0.15, -0.1) is 0 Å². The monoisotopic (exact) mass is 535 g/mol. The zero-order chi connectivity index (χ0) is 27.9. The van der Waals surface area contributed by atoms with Gasteiger partial charge in [0.2, 0.25) is 11.9 Å². The van der Waals surface area contributed by atoms with Crippen LogP contribution in [0.4, 0.5) is 23.0 Å². The van der Waals surface area contributed by atoms with Gasteiger partial charge in [0.1, 0.15) is 0 Å². The number of carbonyl (C=O) groups is 1. The van der Waals surface area contributed by atoms with Gasteiger partial charge in [0.15, 0.2) is 0 Å². The topological polar surface area (TPSA) is 85.4 Å². The molecule has 5 rings (SSSR count). The fourth-order valence-electron chi connectivity index (χ4n) is 4.84. The van der Waals surface area contributed by atoms with Crippen LogP contribution in [-0.2, 0) is 4.79 Å². The van der Waals surface area contributed by atoms with Gasteiger partial charge in [0, 0.05) is 52.9 Å². The molecule has 4 aromatic rings. The smallest absolute Gasteiger partial charge is 0.248 e. The molecule has 40 heavy (non-hydrogen) atoms. The SMILES string of the molecule is CN(C)C/C=C/C(=O)Nc1cccc(-c2cccc3cnc(Nc4ccc(NC5CCN(C)CC5)cc4)nc23)c1. The summed E-state index contributed by atoms with van der Waals surface area (Å²) in [5.74, 6) is 0.379. The fourth-order valence-corrected chi connectivity index (χ4v) is 4.84. The predicted molar refractivity (Wildman–Crippen MR) is 165 cm³/mol. The Labute approximate surface area is 236 Å². The van der Waals surface area contributed by atoms with Crippen molar-refractivity contribution in [2.75, 3.05) is 56.7 Å². The summed E-state index contributed by atoms with van der Waals surface area (Å²) in [6.45, 7) is 2.97. The maximum Gasteiger partial charge on any atom is 0.248 e. The Morgan fingerprint density at radius 2 is 1.75 bits per heavy atom. The van der Waals surface area contributed by atoms with E-state index in [1.165, 1.54) is 0 Å². The van der Waals surface area contributed by atoms with Crippen LogP contribution in [0.2, 0.25) is 0 Å². The Morgan fingerprint density at radius 3 is 2.52 bits per heavy atom. The van der Waals surface area contributed by atoms with Gasteiger partial charge in [-0.05, 0) is 89.0 Å². The average Bonchev–Trinajstić information content (AvgIpc) is 2.95. The van der Waals surface area contributed by atoms with Gasteiger partial charge >= 0.3 is 0 Å². The number of fused-ring (bicyclic) bond motifs is 1. The van der Waals surface area contributed by atoms with Crippen LogP contribution in [-0.4, -0.2) is 72.5 Å². The van der Waals surface area contributed by atoms with Gasteiger partial charge < -0.3 is 25.8 Å². The summed E-state index contributed by atoms with van der Waals surface area (Å²) >= 11 is 0. The fraction of sp³-hybridized carbons (Fsp3) is 0.281. The minimum atomic E-state index is -0.154. The molecule has 3 N–H and O–H groups in total. The Morgan fingerprint density at radius 1 is 1.00 bits per heavy atom. The molecule has 0 radical (unpaired) electrons. The molecule has 0 unspecified atom stereocenters. The Kier molecular flexibility index (Phi) is 8.68. The van der Waals surface area contributed by atoms with E-state index < -0.39 is 0 Å². The van der Waals surface area contributed by atoms with Crippen LogP contribution in [0.3, 0.4) is 0 Å². The Hall–Kier alpha value is -4.27. The van der Waals surface area contributed by atoms with Crippen LogP contribution in [0, 0.1) is 0 Å². The molecule has 0 spiro atoms. The number of rotatable bonds is 9. The van der Waals surface area contributed by atoms with Gasteiger partial charge in [-0.3, -0.25) is 4.79 Å². The van der Waals surface area contributed by atoms with Crippen LogP contribution >= 0.6 is 0 Å². The van der Waals surface area contributed by atoms with Crippen LogP contribution in [0.25, 0.3) is 22.0 Å². The molecule has 8 nitrogen and oxygen atoms in total. The van der Waals surface area contributed by atoms with Gasteiger partial charge in [-0.2, -0.15) is 0 Å². The number of amides is 1. The van der Waals surface area contributed by atoms with Crippen molar-refractivity contribution in [3.63, 3.8) is 0 Å². The number of piperidine rings is 1. The average molecular weight is 536 g/mol. The highest BCUT2D eigenvalue weighted by Crippen LogP contribution is 2.30. The molecule has 1 fully saturated rings. The molecule has 3 aromatic carbocycles. The maximum atomic E-state index is 12.4. The van der Waals surface area contributed by atoms with Crippen molar-refractivity contribution in [1.82, 2.24) is 19.8 Å². The second kappa shape index (κ2) is 12.7. The first-order valence-corrected chi connectivity index (χ1v) is 13.7. The Balaban J connectivity index is 1.30. The summed E-state index contributed by atoms with van der Waals surface area (Å²) in [4.78, 5) is 26.1. The second-order valence-corrected chi connectivity index (χ2v) is 10.6. The van der Waals surface area contributed by atoms with Crippen molar-refractivity contribution >= 4 is 39.8 Å².